The van der Waals surface area contributed by atoms with Crippen molar-refractivity contribution in [3.8, 4) is 11.3 Å². The number of carbonyl (C=O) groups is 4. The number of Topliss-reactive ketones (excluding diaryl/α,β-unsaturated/α-hetero) is 1. The van der Waals surface area contributed by atoms with Crippen LogP contribution in [0.3, 0.4) is 0 Å². The number of carbonyl (C=O) groups excluding carboxylic acids is 4. The largest absolute Gasteiger partial charge is 0.451 e. The van der Waals surface area contributed by atoms with Crippen LogP contribution in [0, 0.1) is 30.6 Å². The van der Waals surface area contributed by atoms with E-state index in [0.29, 0.717) is 60.9 Å². The summed E-state index contributed by atoms with van der Waals surface area (Å²) < 4.78 is 5.66. The van der Waals surface area contributed by atoms with Gasteiger partial charge < -0.3 is 4.74 Å². The minimum atomic E-state index is -1.06. The molecule has 5 atom stereocenters. The number of ether oxygens (including phenoxy) is 1. The van der Waals surface area contributed by atoms with Crippen LogP contribution in [0.4, 0.5) is 5.69 Å². The van der Waals surface area contributed by atoms with Crippen molar-refractivity contribution in [2.45, 2.75) is 39.2 Å². The Bertz CT molecular complexity index is 1860. The van der Waals surface area contributed by atoms with Crippen LogP contribution in [0.25, 0.3) is 22.2 Å². The summed E-state index contributed by atoms with van der Waals surface area (Å²) in [6, 6.07) is 18.6. The molecule has 2 saturated carbocycles. The Balaban J connectivity index is 1.21. The minimum absolute atomic E-state index is 0.0967. The summed E-state index contributed by atoms with van der Waals surface area (Å²) in [5.74, 6) is -1.03. The SMILES string of the molecule is Cc1c(Cl)ccc2c(C(=O)OC(C)C(=O)c3cccc(Cl)c3)cc(-c3ccc(N4C(=O)C5C6CCC(C6)C5C4=O)cc3)nc12. The lowest BCUT2D eigenvalue weighted by Gasteiger charge is -2.19. The van der Waals surface area contributed by atoms with E-state index in [2.05, 4.69) is 0 Å². The Hall–Kier alpha value is -4.07. The first-order chi connectivity index (χ1) is 21.1. The first-order valence-electron chi connectivity index (χ1n) is 14.7. The highest BCUT2D eigenvalue weighted by molar-refractivity contribution is 6.32. The number of esters is 1. The number of fused-ring (bicyclic) bond motifs is 6. The number of pyridine rings is 1. The van der Waals surface area contributed by atoms with Crippen LogP contribution in [0.1, 0.15) is 52.5 Å². The van der Waals surface area contributed by atoms with Crippen molar-refractivity contribution >= 4 is 63.4 Å². The highest BCUT2D eigenvalue weighted by atomic mass is 35.5. The van der Waals surface area contributed by atoms with Crippen molar-refractivity contribution in [1.29, 1.82) is 0 Å². The summed E-state index contributed by atoms with van der Waals surface area (Å²) in [6.45, 7) is 3.34. The Morgan fingerprint density at radius 1 is 0.932 bits per heavy atom. The van der Waals surface area contributed by atoms with Crippen molar-refractivity contribution in [3.63, 3.8) is 0 Å². The third-order valence-corrected chi connectivity index (χ3v) is 10.1. The molecule has 7 nitrogen and oxygen atoms in total. The first kappa shape index (κ1) is 28.7. The number of imide groups is 1. The molecule has 44 heavy (non-hydrogen) atoms. The maximum atomic E-state index is 13.6. The quantitative estimate of drug-likeness (QED) is 0.125. The summed E-state index contributed by atoms with van der Waals surface area (Å²) >= 11 is 12.5. The molecule has 0 spiro atoms. The fourth-order valence-electron chi connectivity index (χ4n) is 7.32. The molecule has 0 N–H and O–H groups in total. The predicted molar refractivity (Wildman–Crippen MR) is 168 cm³/mol. The third-order valence-electron chi connectivity index (χ3n) is 9.50. The van der Waals surface area contributed by atoms with E-state index in [1.165, 1.54) is 17.9 Å². The highest BCUT2D eigenvalue weighted by Crippen LogP contribution is 2.56. The molecule has 3 fully saturated rings. The lowest BCUT2D eigenvalue weighted by molar-refractivity contribution is -0.123. The van der Waals surface area contributed by atoms with Gasteiger partial charge in [0, 0.05) is 26.6 Å². The number of aryl methyl sites for hydroxylation is 1. The number of aromatic nitrogens is 1. The smallest absolute Gasteiger partial charge is 0.339 e. The molecule has 5 unspecified atom stereocenters. The van der Waals surface area contributed by atoms with E-state index in [4.69, 9.17) is 32.9 Å². The van der Waals surface area contributed by atoms with Crippen LogP contribution >= 0.6 is 23.2 Å². The van der Waals surface area contributed by atoms with E-state index in [9.17, 15) is 19.2 Å². The summed E-state index contributed by atoms with van der Waals surface area (Å²) in [5.41, 5.74) is 3.46. The Morgan fingerprint density at radius 2 is 1.61 bits per heavy atom. The normalized spacial score (nSPS) is 22.9. The van der Waals surface area contributed by atoms with Gasteiger partial charge >= 0.3 is 5.97 Å². The fraction of sp³-hybridized carbons (Fsp3) is 0.286. The van der Waals surface area contributed by atoms with Gasteiger partial charge in [-0.1, -0.05) is 53.5 Å². The molecule has 4 aromatic rings. The van der Waals surface area contributed by atoms with Crippen LogP contribution in [-0.2, 0) is 14.3 Å². The first-order valence-corrected chi connectivity index (χ1v) is 15.5. The fourth-order valence-corrected chi connectivity index (χ4v) is 7.66. The van der Waals surface area contributed by atoms with Crippen molar-refractivity contribution in [1.82, 2.24) is 4.98 Å². The summed E-state index contributed by atoms with van der Waals surface area (Å²) in [4.78, 5) is 59.4. The van der Waals surface area contributed by atoms with Crippen molar-refractivity contribution in [2.75, 3.05) is 4.90 Å². The number of nitrogens with zero attached hydrogens (tertiary/aromatic N) is 2. The van der Waals surface area contributed by atoms with Crippen molar-refractivity contribution in [3.05, 3.63) is 93.5 Å². The number of hydrogen-bond acceptors (Lipinski definition) is 6. The van der Waals surface area contributed by atoms with E-state index < -0.39 is 12.1 Å². The molecular formula is C35H28Cl2N2O5. The molecule has 2 bridgehead atoms. The van der Waals surface area contributed by atoms with Crippen molar-refractivity contribution < 1.29 is 23.9 Å². The molecule has 7 rings (SSSR count). The van der Waals surface area contributed by atoms with Crippen LogP contribution in [-0.4, -0.2) is 34.7 Å². The van der Waals surface area contributed by atoms with E-state index in [1.54, 1.807) is 60.7 Å². The monoisotopic (exact) mass is 626 g/mol. The molecule has 2 amide bonds. The maximum absolute atomic E-state index is 13.6. The second-order valence-corrected chi connectivity index (χ2v) is 12.8. The molecule has 0 radical (unpaired) electrons. The Morgan fingerprint density at radius 3 is 2.27 bits per heavy atom. The van der Waals surface area contributed by atoms with Gasteiger partial charge in [-0.2, -0.15) is 0 Å². The average molecular weight is 628 g/mol. The molecule has 3 aromatic carbocycles. The van der Waals surface area contributed by atoms with E-state index in [1.807, 2.05) is 6.92 Å². The molecular weight excluding hydrogens is 599 g/mol. The Labute approximate surface area is 264 Å². The average Bonchev–Trinajstić information content (AvgIpc) is 3.71. The number of ketones is 1. The van der Waals surface area contributed by atoms with Gasteiger partial charge in [-0.25, -0.2) is 9.78 Å². The molecule has 9 heteroatoms. The van der Waals surface area contributed by atoms with Gasteiger partial charge in [-0.05, 0) is 86.9 Å². The highest BCUT2D eigenvalue weighted by Gasteiger charge is 2.61. The number of rotatable bonds is 6. The molecule has 1 aromatic heterocycles. The number of hydrogen-bond donors (Lipinski definition) is 0. The van der Waals surface area contributed by atoms with E-state index in [-0.39, 0.29) is 35.0 Å². The third kappa shape index (κ3) is 4.61. The lowest BCUT2D eigenvalue weighted by Crippen LogP contribution is -2.32. The van der Waals surface area contributed by atoms with Gasteiger partial charge in [0.1, 0.15) is 0 Å². The lowest BCUT2D eigenvalue weighted by atomic mass is 9.81. The van der Waals surface area contributed by atoms with Gasteiger partial charge in [-0.3, -0.25) is 19.3 Å². The standard InChI is InChI=1S/C35H28Cl2N2O5/c1-17-27(37)13-12-25-26(35(43)44-18(2)32(40)22-4-3-5-23(36)15-22)16-28(38-31(17)25)19-8-10-24(11-9-19)39-33(41)29-20-6-7-21(14-20)30(29)34(39)42/h3-5,8-13,15-16,18,20-21,29-30H,6-7,14H2,1-2H3. The van der Waals surface area contributed by atoms with E-state index >= 15 is 0 Å². The molecule has 1 saturated heterocycles. The van der Waals surface area contributed by atoms with Gasteiger partial charge in [0.15, 0.2) is 6.10 Å². The second-order valence-electron chi connectivity index (χ2n) is 12.0. The van der Waals surface area contributed by atoms with E-state index in [0.717, 1.165) is 19.3 Å². The minimum Gasteiger partial charge on any atom is -0.451 e. The topological polar surface area (TPSA) is 93.6 Å². The summed E-state index contributed by atoms with van der Waals surface area (Å²) in [5, 5.41) is 1.44. The van der Waals surface area contributed by atoms with Gasteiger partial charge in [0.25, 0.3) is 0 Å². The molecule has 3 aliphatic rings. The molecule has 1 aliphatic heterocycles. The Kier molecular flexibility index (Phi) is 7.06. The predicted octanol–water partition coefficient (Wildman–Crippen LogP) is 7.48. The summed E-state index contributed by atoms with van der Waals surface area (Å²) in [7, 11) is 0. The molecule has 2 aliphatic carbocycles. The van der Waals surface area contributed by atoms with Crippen molar-refractivity contribution in [2.24, 2.45) is 23.7 Å². The summed E-state index contributed by atoms with van der Waals surface area (Å²) in [6.07, 6.45) is 1.96. The zero-order valence-corrected chi connectivity index (χ0v) is 25.6. The zero-order chi connectivity index (χ0) is 30.9. The second kappa shape index (κ2) is 10.8. The van der Waals surface area contributed by atoms with Crippen LogP contribution in [0.15, 0.2) is 66.7 Å². The molecule has 222 valence electrons. The van der Waals surface area contributed by atoms with Crippen LogP contribution in [0.2, 0.25) is 10.0 Å². The molecule has 2 heterocycles. The van der Waals surface area contributed by atoms with Crippen LogP contribution < -0.4 is 4.90 Å². The zero-order valence-electron chi connectivity index (χ0n) is 24.1. The van der Waals surface area contributed by atoms with Gasteiger partial charge in [0.2, 0.25) is 17.6 Å². The number of anilines is 1. The van der Waals surface area contributed by atoms with Crippen LogP contribution in [0.5, 0.6) is 0 Å². The maximum Gasteiger partial charge on any atom is 0.339 e. The van der Waals surface area contributed by atoms with Gasteiger partial charge in [0.05, 0.1) is 34.3 Å². The number of benzene rings is 3. The number of halogens is 2. The number of amides is 2. The van der Waals surface area contributed by atoms with Gasteiger partial charge in [-0.15, -0.1) is 0 Å².